The van der Waals surface area contributed by atoms with Gasteiger partial charge >= 0.3 is 0 Å². The van der Waals surface area contributed by atoms with Crippen molar-refractivity contribution in [2.45, 2.75) is 58.1 Å². The van der Waals surface area contributed by atoms with Crippen LogP contribution in [0.3, 0.4) is 0 Å². The lowest BCUT2D eigenvalue weighted by Gasteiger charge is -2.31. The third-order valence-corrected chi connectivity index (χ3v) is 5.56. The molecule has 0 spiro atoms. The van der Waals surface area contributed by atoms with E-state index in [1.807, 2.05) is 25.1 Å². The van der Waals surface area contributed by atoms with Crippen LogP contribution in [-0.4, -0.2) is 46.8 Å². The van der Waals surface area contributed by atoms with Crippen molar-refractivity contribution in [2.75, 3.05) is 25.0 Å². The maximum absolute atomic E-state index is 12.8. The molecule has 154 valence electrons. The summed E-state index contributed by atoms with van der Waals surface area (Å²) in [6.07, 6.45) is 4.15. The van der Waals surface area contributed by atoms with Gasteiger partial charge in [0.2, 0.25) is 11.8 Å². The Hall–Kier alpha value is -2.02. The lowest BCUT2D eigenvalue weighted by atomic mass is 10.2. The molecular formula is C21H31N3O3S. The van der Waals surface area contributed by atoms with Crippen molar-refractivity contribution < 1.29 is 14.3 Å². The molecule has 7 heteroatoms. The molecule has 0 radical (unpaired) electrons. The van der Waals surface area contributed by atoms with E-state index in [1.165, 1.54) is 11.8 Å². The molecular weight excluding hydrogens is 374 g/mol. The molecule has 1 unspecified atom stereocenters. The quantitative estimate of drug-likeness (QED) is 0.589. The molecule has 1 aromatic rings. The van der Waals surface area contributed by atoms with Crippen molar-refractivity contribution in [1.82, 2.24) is 4.90 Å². The zero-order valence-corrected chi connectivity index (χ0v) is 17.9. The average molecular weight is 406 g/mol. The molecule has 0 saturated carbocycles. The van der Waals surface area contributed by atoms with Gasteiger partial charge in [-0.3, -0.25) is 19.5 Å². The van der Waals surface area contributed by atoms with Gasteiger partial charge in [0.15, 0.2) is 5.17 Å². The van der Waals surface area contributed by atoms with Gasteiger partial charge in [-0.15, -0.1) is 0 Å². The third-order valence-electron chi connectivity index (χ3n) is 4.34. The van der Waals surface area contributed by atoms with E-state index in [1.54, 1.807) is 11.0 Å². The summed E-state index contributed by atoms with van der Waals surface area (Å²) in [7, 11) is 0. The van der Waals surface area contributed by atoms with Crippen LogP contribution in [0.25, 0.3) is 0 Å². The monoisotopic (exact) mass is 405 g/mol. The standard InChI is InChI=1S/C21H31N3O3S/c1-4-7-12-22-21-24(13-8-5-2)19(25)15-18(28-21)20(26)23-16-10-9-11-17(14-16)27-6-3/h9-11,14,18H,4-8,12-13,15H2,1-3H3,(H,23,26). The van der Waals surface area contributed by atoms with Gasteiger partial charge in [-0.2, -0.15) is 0 Å². The summed E-state index contributed by atoms with van der Waals surface area (Å²) >= 11 is 1.40. The maximum Gasteiger partial charge on any atom is 0.238 e. The molecule has 1 fully saturated rings. The first-order valence-corrected chi connectivity index (χ1v) is 11.0. The van der Waals surface area contributed by atoms with Gasteiger partial charge in [-0.05, 0) is 31.9 Å². The Labute approximate surface area is 172 Å². The number of hydrogen-bond acceptors (Lipinski definition) is 5. The van der Waals surface area contributed by atoms with Crippen LogP contribution in [0.5, 0.6) is 5.75 Å². The van der Waals surface area contributed by atoms with Crippen molar-refractivity contribution in [3.05, 3.63) is 24.3 Å². The van der Waals surface area contributed by atoms with Gasteiger partial charge in [0.05, 0.1) is 6.61 Å². The Kier molecular flexibility index (Phi) is 9.34. The predicted octanol–water partition coefficient (Wildman–Crippen LogP) is 4.31. The first-order valence-electron chi connectivity index (χ1n) is 10.1. The molecule has 28 heavy (non-hydrogen) atoms. The number of thioether (sulfide) groups is 1. The highest BCUT2D eigenvalue weighted by Crippen LogP contribution is 2.28. The molecule has 0 bridgehead atoms. The van der Waals surface area contributed by atoms with Crippen molar-refractivity contribution >= 4 is 34.4 Å². The number of aliphatic imine (C=N–C) groups is 1. The van der Waals surface area contributed by atoms with Crippen molar-refractivity contribution in [3.63, 3.8) is 0 Å². The highest BCUT2D eigenvalue weighted by molar-refractivity contribution is 8.15. The summed E-state index contributed by atoms with van der Waals surface area (Å²) in [5.41, 5.74) is 0.668. The van der Waals surface area contributed by atoms with Crippen molar-refractivity contribution in [1.29, 1.82) is 0 Å². The fourth-order valence-corrected chi connectivity index (χ4v) is 3.93. The molecule has 2 rings (SSSR count). The summed E-state index contributed by atoms with van der Waals surface area (Å²) in [5.74, 6) is 0.510. The number of carbonyl (C=O) groups is 2. The summed E-state index contributed by atoms with van der Waals surface area (Å²) in [6, 6.07) is 7.30. The highest BCUT2D eigenvalue weighted by atomic mass is 32.2. The Morgan fingerprint density at radius 1 is 1.29 bits per heavy atom. The Morgan fingerprint density at radius 2 is 2.07 bits per heavy atom. The number of anilines is 1. The number of benzene rings is 1. The third kappa shape index (κ3) is 6.55. The number of amidine groups is 1. The van der Waals surface area contributed by atoms with Gasteiger partial charge in [0, 0.05) is 31.3 Å². The number of rotatable bonds is 10. The normalized spacial score (nSPS) is 18.4. The van der Waals surface area contributed by atoms with Gasteiger partial charge in [0.1, 0.15) is 11.0 Å². The van der Waals surface area contributed by atoms with Crippen LogP contribution < -0.4 is 10.1 Å². The molecule has 1 atom stereocenters. The number of amides is 2. The van der Waals surface area contributed by atoms with Crippen LogP contribution in [0, 0.1) is 0 Å². The zero-order chi connectivity index (χ0) is 20.4. The number of ether oxygens (including phenoxy) is 1. The van der Waals surface area contributed by atoms with E-state index in [2.05, 4.69) is 24.2 Å². The second-order valence-corrected chi connectivity index (χ2v) is 7.85. The number of carbonyl (C=O) groups excluding carboxylic acids is 2. The topological polar surface area (TPSA) is 71.0 Å². The Balaban J connectivity index is 2.08. The van der Waals surface area contributed by atoms with Crippen molar-refractivity contribution in [2.24, 2.45) is 4.99 Å². The largest absolute Gasteiger partial charge is 0.494 e. The lowest BCUT2D eigenvalue weighted by Crippen LogP contribution is -2.45. The van der Waals surface area contributed by atoms with Gasteiger partial charge in [-0.1, -0.05) is 44.5 Å². The maximum atomic E-state index is 12.8. The summed E-state index contributed by atoms with van der Waals surface area (Å²) in [5, 5.41) is 3.12. The lowest BCUT2D eigenvalue weighted by molar-refractivity contribution is -0.129. The van der Waals surface area contributed by atoms with Crippen molar-refractivity contribution in [3.8, 4) is 5.75 Å². The molecule has 1 aliphatic heterocycles. The zero-order valence-electron chi connectivity index (χ0n) is 17.1. The molecule has 1 saturated heterocycles. The smallest absolute Gasteiger partial charge is 0.238 e. The summed E-state index contributed by atoms with van der Waals surface area (Å²) in [6.45, 7) is 8.04. The van der Waals surface area contributed by atoms with Crippen LogP contribution in [0.15, 0.2) is 29.3 Å². The van der Waals surface area contributed by atoms with E-state index < -0.39 is 5.25 Å². The second-order valence-electron chi connectivity index (χ2n) is 6.68. The Morgan fingerprint density at radius 3 is 2.79 bits per heavy atom. The molecule has 0 aromatic heterocycles. The molecule has 0 aliphatic carbocycles. The fourth-order valence-electron chi connectivity index (χ4n) is 2.80. The molecule has 2 amide bonds. The first kappa shape index (κ1) is 22.3. The minimum Gasteiger partial charge on any atom is -0.494 e. The average Bonchev–Trinajstić information content (AvgIpc) is 2.68. The van der Waals surface area contributed by atoms with Crippen LogP contribution in [0.2, 0.25) is 0 Å². The predicted molar refractivity (Wildman–Crippen MR) is 116 cm³/mol. The SMILES string of the molecule is CCCCN=C1SC(C(=O)Nc2cccc(OCC)c2)CC(=O)N1CCCC. The Bertz CT molecular complexity index is 693. The van der Waals surface area contributed by atoms with Gasteiger partial charge < -0.3 is 10.1 Å². The molecule has 1 N–H and O–H groups in total. The first-order chi connectivity index (χ1) is 13.6. The summed E-state index contributed by atoms with van der Waals surface area (Å²) in [4.78, 5) is 31.8. The molecule has 1 aliphatic rings. The van der Waals surface area contributed by atoms with E-state index in [0.717, 1.165) is 25.7 Å². The van der Waals surface area contributed by atoms with E-state index >= 15 is 0 Å². The minimum atomic E-state index is -0.471. The molecule has 1 aromatic carbocycles. The van der Waals surface area contributed by atoms with Crippen LogP contribution in [0.4, 0.5) is 5.69 Å². The van der Waals surface area contributed by atoms with Crippen LogP contribution >= 0.6 is 11.8 Å². The van der Waals surface area contributed by atoms with Crippen LogP contribution in [-0.2, 0) is 9.59 Å². The number of nitrogens with zero attached hydrogens (tertiary/aromatic N) is 2. The highest BCUT2D eigenvalue weighted by Gasteiger charge is 2.35. The minimum absolute atomic E-state index is 0.0225. The molecule has 1 heterocycles. The summed E-state index contributed by atoms with van der Waals surface area (Å²) < 4.78 is 5.48. The number of unbranched alkanes of at least 4 members (excludes halogenated alkanes) is 2. The number of hydrogen-bond donors (Lipinski definition) is 1. The van der Waals surface area contributed by atoms with E-state index in [4.69, 9.17) is 4.74 Å². The van der Waals surface area contributed by atoms with E-state index in [9.17, 15) is 9.59 Å². The fraction of sp³-hybridized carbons (Fsp3) is 0.571. The van der Waals surface area contributed by atoms with E-state index in [-0.39, 0.29) is 18.2 Å². The van der Waals surface area contributed by atoms with E-state index in [0.29, 0.717) is 36.3 Å². The second kappa shape index (κ2) is 11.7. The number of nitrogens with one attached hydrogen (secondary N) is 1. The molecule has 6 nitrogen and oxygen atoms in total. The van der Waals surface area contributed by atoms with Crippen LogP contribution in [0.1, 0.15) is 52.9 Å². The van der Waals surface area contributed by atoms with Gasteiger partial charge in [-0.25, -0.2) is 0 Å². The van der Waals surface area contributed by atoms with Gasteiger partial charge in [0.25, 0.3) is 0 Å².